The number of hydrogen-bond donors (Lipinski definition) is 0. The average molecular weight is 442 g/mol. The zero-order valence-corrected chi connectivity index (χ0v) is 19.7. The molecule has 2 aromatic carbocycles. The predicted octanol–water partition coefficient (Wildman–Crippen LogP) is 4.86. The molecule has 2 aliphatic rings. The lowest BCUT2D eigenvalue weighted by molar-refractivity contribution is -0.134. The van der Waals surface area contributed by atoms with Crippen LogP contribution in [0, 0.1) is 37.5 Å². The zero-order chi connectivity index (χ0) is 23.5. The fourth-order valence-electron chi connectivity index (χ4n) is 5.64. The Kier molecular flexibility index (Phi) is 6.79. The molecule has 1 amide bonds. The Hall–Kier alpha value is -3.19. The average Bonchev–Trinajstić information content (AvgIpc) is 2.80. The highest BCUT2D eigenvalue weighted by molar-refractivity contribution is 6.10. The Morgan fingerprint density at radius 2 is 1.48 bits per heavy atom. The van der Waals surface area contributed by atoms with Gasteiger partial charge in [0.25, 0.3) is 5.91 Å². The molecule has 4 heteroatoms. The Morgan fingerprint density at radius 1 is 0.909 bits per heavy atom. The first-order chi connectivity index (χ1) is 15.9. The third-order valence-corrected chi connectivity index (χ3v) is 7.24. The Bertz CT molecular complexity index is 1090. The molecule has 0 spiro atoms. The zero-order valence-electron chi connectivity index (χ0n) is 19.7. The van der Waals surface area contributed by atoms with E-state index in [0.29, 0.717) is 37.4 Å². The summed E-state index contributed by atoms with van der Waals surface area (Å²) in [6.07, 6.45) is 2.58. The summed E-state index contributed by atoms with van der Waals surface area (Å²) in [6, 6.07) is 13.3. The van der Waals surface area contributed by atoms with Gasteiger partial charge in [0.2, 0.25) is 0 Å². The number of carbonyl (C=O) groups is 3. The highest BCUT2D eigenvalue weighted by Gasteiger charge is 2.41. The van der Waals surface area contributed by atoms with Crippen molar-refractivity contribution in [2.45, 2.75) is 52.4 Å². The lowest BCUT2D eigenvalue weighted by Crippen LogP contribution is -2.42. The largest absolute Gasteiger partial charge is 0.339 e. The van der Waals surface area contributed by atoms with Gasteiger partial charge >= 0.3 is 0 Å². The fraction of sp³-hybridized carbons (Fsp3) is 0.414. The van der Waals surface area contributed by atoms with Gasteiger partial charge in [-0.15, -0.1) is 5.92 Å². The number of carbonyl (C=O) groups excluding carboxylic acids is 3. The number of aryl methyl sites for hydroxylation is 2. The van der Waals surface area contributed by atoms with Crippen molar-refractivity contribution in [1.82, 2.24) is 4.90 Å². The molecule has 0 N–H and O–H groups in total. The second-order valence-corrected chi connectivity index (χ2v) is 9.43. The summed E-state index contributed by atoms with van der Waals surface area (Å²) in [7, 11) is 0. The number of rotatable bonds is 3. The maximum absolute atomic E-state index is 13.2. The van der Waals surface area contributed by atoms with Crippen LogP contribution in [0.3, 0.4) is 0 Å². The van der Waals surface area contributed by atoms with E-state index in [-0.39, 0.29) is 23.4 Å². The van der Waals surface area contributed by atoms with Crippen LogP contribution in [-0.4, -0.2) is 35.5 Å². The highest BCUT2D eigenvalue weighted by atomic mass is 16.2. The van der Waals surface area contributed by atoms with Crippen LogP contribution in [0.5, 0.6) is 0 Å². The molecule has 4 nitrogen and oxygen atoms in total. The molecule has 4 rings (SSSR count). The molecule has 33 heavy (non-hydrogen) atoms. The quantitative estimate of drug-likeness (QED) is 0.505. The van der Waals surface area contributed by atoms with Crippen molar-refractivity contribution >= 4 is 17.5 Å². The fourth-order valence-corrected chi connectivity index (χ4v) is 5.64. The van der Waals surface area contributed by atoms with Gasteiger partial charge in [0.05, 0.1) is 0 Å². The van der Waals surface area contributed by atoms with E-state index < -0.39 is 5.92 Å². The van der Waals surface area contributed by atoms with Crippen LogP contribution in [-0.2, 0) is 9.59 Å². The van der Waals surface area contributed by atoms with Crippen molar-refractivity contribution in [1.29, 1.82) is 0 Å². The summed E-state index contributed by atoms with van der Waals surface area (Å²) in [5.74, 6) is 5.86. The number of piperidine rings is 1. The van der Waals surface area contributed by atoms with Gasteiger partial charge in [-0.2, -0.15) is 0 Å². The van der Waals surface area contributed by atoms with E-state index in [1.165, 1.54) is 0 Å². The number of nitrogens with zero attached hydrogens (tertiary/aromatic N) is 1. The van der Waals surface area contributed by atoms with Gasteiger partial charge in [-0.25, -0.2) is 0 Å². The highest BCUT2D eigenvalue weighted by Crippen LogP contribution is 2.40. The summed E-state index contributed by atoms with van der Waals surface area (Å²) < 4.78 is 0. The standard InChI is InChI=1S/C29H31NO3/c1-4-8-21-15-19(2)27(20(3)16-21)28-25(31)17-24(18-26(28)32)22-11-13-30(14-12-22)29(33)23-9-6-5-7-10-23/h5-7,9-10,15-16,22,24,28H,11-14,17-18H2,1-3H3. The molecule has 2 fully saturated rings. The van der Waals surface area contributed by atoms with Crippen molar-refractivity contribution in [3.05, 3.63) is 70.3 Å². The van der Waals surface area contributed by atoms with E-state index in [9.17, 15) is 14.4 Å². The van der Waals surface area contributed by atoms with Crippen molar-refractivity contribution in [3.63, 3.8) is 0 Å². The Balaban J connectivity index is 1.42. The molecular weight excluding hydrogens is 410 g/mol. The molecule has 0 unspecified atom stereocenters. The summed E-state index contributed by atoms with van der Waals surface area (Å²) in [5.41, 5.74) is 4.43. The van der Waals surface area contributed by atoms with Crippen LogP contribution >= 0.6 is 0 Å². The van der Waals surface area contributed by atoms with E-state index in [2.05, 4.69) is 11.8 Å². The maximum Gasteiger partial charge on any atom is 0.253 e. The molecule has 1 aliphatic carbocycles. The van der Waals surface area contributed by atoms with Gasteiger partial charge in [0, 0.05) is 37.1 Å². The first kappa shape index (κ1) is 23.0. The van der Waals surface area contributed by atoms with Crippen LogP contribution in [0.15, 0.2) is 42.5 Å². The summed E-state index contributed by atoms with van der Waals surface area (Å²) in [6.45, 7) is 7.09. The molecule has 0 atom stereocenters. The molecule has 1 heterocycles. The molecule has 170 valence electrons. The van der Waals surface area contributed by atoms with Crippen LogP contribution in [0.25, 0.3) is 0 Å². The van der Waals surface area contributed by atoms with Gasteiger partial charge < -0.3 is 4.90 Å². The maximum atomic E-state index is 13.2. The van der Waals surface area contributed by atoms with Crippen LogP contribution in [0.4, 0.5) is 0 Å². The van der Waals surface area contributed by atoms with Crippen LogP contribution in [0.1, 0.15) is 71.1 Å². The lowest BCUT2D eigenvalue weighted by Gasteiger charge is -2.38. The molecule has 1 saturated carbocycles. The van der Waals surface area contributed by atoms with E-state index in [1.54, 1.807) is 6.92 Å². The number of ketones is 2. The molecule has 0 bridgehead atoms. The smallest absolute Gasteiger partial charge is 0.253 e. The Labute approximate surface area is 196 Å². The second-order valence-electron chi connectivity index (χ2n) is 9.43. The molecule has 0 radical (unpaired) electrons. The minimum Gasteiger partial charge on any atom is -0.339 e. The number of benzene rings is 2. The van der Waals surface area contributed by atoms with Crippen LogP contribution < -0.4 is 0 Å². The number of amides is 1. The first-order valence-corrected chi connectivity index (χ1v) is 11.8. The molecule has 1 saturated heterocycles. The molecule has 2 aromatic rings. The SMILES string of the molecule is CC#Cc1cc(C)c(C2C(=O)CC(C3CCN(C(=O)c4ccccc4)CC3)CC2=O)c(C)c1. The Morgan fingerprint density at radius 3 is 2.03 bits per heavy atom. The third kappa shape index (κ3) is 4.78. The van der Waals surface area contributed by atoms with Crippen molar-refractivity contribution in [2.75, 3.05) is 13.1 Å². The van der Waals surface area contributed by atoms with E-state index in [0.717, 1.165) is 35.1 Å². The first-order valence-electron chi connectivity index (χ1n) is 11.8. The third-order valence-electron chi connectivity index (χ3n) is 7.24. The molecule has 0 aromatic heterocycles. The number of hydrogen-bond acceptors (Lipinski definition) is 3. The molecule has 1 aliphatic heterocycles. The second kappa shape index (κ2) is 9.75. The molecular formula is C29H31NO3. The normalized spacial score (nSPS) is 21.5. The van der Waals surface area contributed by atoms with Crippen LogP contribution in [0.2, 0.25) is 0 Å². The van der Waals surface area contributed by atoms with Gasteiger partial charge in [-0.05, 0) is 86.4 Å². The van der Waals surface area contributed by atoms with E-state index >= 15 is 0 Å². The van der Waals surface area contributed by atoms with Crippen molar-refractivity contribution in [2.24, 2.45) is 11.8 Å². The van der Waals surface area contributed by atoms with Crippen molar-refractivity contribution < 1.29 is 14.4 Å². The summed E-state index contributed by atoms with van der Waals surface area (Å²) in [5, 5.41) is 0. The van der Waals surface area contributed by atoms with Gasteiger partial charge in [-0.3, -0.25) is 14.4 Å². The minimum atomic E-state index is -0.648. The van der Waals surface area contributed by atoms with E-state index in [4.69, 9.17) is 0 Å². The monoisotopic (exact) mass is 441 g/mol. The van der Waals surface area contributed by atoms with Gasteiger partial charge in [0.15, 0.2) is 0 Å². The minimum absolute atomic E-state index is 0.0413. The number of Topliss-reactive ketones (excluding diaryl/α,β-unsaturated/α-hetero) is 2. The van der Waals surface area contributed by atoms with E-state index in [1.807, 2.05) is 61.2 Å². The topological polar surface area (TPSA) is 54.5 Å². The lowest BCUT2D eigenvalue weighted by atomic mass is 9.69. The number of likely N-dealkylation sites (tertiary alicyclic amines) is 1. The predicted molar refractivity (Wildman–Crippen MR) is 129 cm³/mol. The van der Waals surface area contributed by atoms with Gasteiger partial charge in [0.1, 0.15) is 17.5 Å². The van der Waals surface area contributed by atoms with Crippen molar-refractivity contribution in [3.8, 4) is 11.8 Å². The summed E-state index contributed by atoms with van der Waals surface area (Å²) in [4.78, 5) is 41.1. The van der Waals surface area contributed by atoms with Gasteiger partial charge in [-0.1, -0.05) is 24.1 Å². The summed E-state index contributed by atoms with van der Waals surface area (Å²) >= 11 is 0.